The molecule has 0 aromatic heterocycles. The Morgan fingerprint density at radius 3 is 2.42 bits per heavy atom. The van der Waals surface area contributed by atoms with Gasteiger partial charge in [-0.25, -0.2) is 8.78 Å². The van der Waals surface area contributed by atoms with Gasteiger partial charge in [0.1, 0.15) is 0 Å². The second-order valence-electron chi connectivity index (χ2n) is 6.62. The molecule has 1 aromatic rings. The Balaban J connectivity index is 1.72. The predicted octanol–water partition coefficient (Wildman–Crippen LogP) is 5.28. The van der Waals surface area contributed by atoms with Crippen molar-refractivity contribution in [1.29, 1.82) is 0 Å². The van der Waals surface area contributed by atoms with Gasteiger partial charge in [0, 0.05) is 0 Å². The molecule has 3 rings (SSSR count). The molecule has 0 nitrogen and oxygen atoms in total. The molecule has 2 heteroatoms. The van der Waals surface area contributed by atoms with Gasteiger partial charge >= 0.3 is 0 Å². The van der Waals surface area contributed by atoms with E-state index in [4.69, 9.17) is 0 Å². The topological polar surface area (TPSA) is 0 Å². The summed E-state index contributed by atoms with van der Waals surface area (Å²) in [5, 5.41) is 0. The number of halogens is 2. The average molecular weight is 264 g/mol. The summed E-state index contributed by atoms with van der Waals surface area (Å²) in [6.45, 7) is 2.36. The van der Waals surface area contributed by atoms with Crippen LogP contribution in [-0.2, 0) is 0 Å². The molecule has 0 aliphatic heterocycles. The highest BCUT2D eigenvalue weighted by molar-refractivity contribution is 5.22. The Kier molecular flexibility index (Phi) is 3.60. The van der Waals surface area contributed by atoms with Crippen LogP contribution in [-0.4, -0.2) is 0 Å². The van der Waals surface area contributed by atoms with Crippen LogP contribution in [0.15, 0.2) is 18.2 Å². The molecule has 0 N–H and O–H groups in total. The van der Waals surface area contributed by atoms with Crippen molar-refractivity contribution in [3.05, 3.63) is 35.4 Å². The van der Waals surface area contributed by atoms with E-state index in [2.05, 4.69) is 6.92 Å². The molecule has 104 valence electrons. The van der Waals surface area contributed by atoms with Gasteiger partial charge in [0.05, 0.1) is 0 Å². The van der Waals surface area contributed by atoms with Gasteiger partial charge in [-0.05, 0) is 73.5 Å². The maximum Gasteiger partial charge on any atom is 0.159 e. The lowest BCUT2D eigenvalue weighted by Gasteiger charge is -2.41. The molecule has 0 amide bonds. The van der Waals surface area contributed by atoms with Crippen LogP contribution in [0.5, 0.6) is 0 Å². The van der Waals surface area contributed by atoms with Crippen LogP contribution in [0.25, 0.3) is 0 Å². The van der Waals surface area contributed by atoms with Gasteiger partial charge in [-0.1, -0.05) is 19.4 Å². The summed E-state index contributed by atoms with van der Waals surface area (Å²) in [6.07, 6.45) is 7.60. The Morgan fingerprint density at radius 1 is 0.895 bits per heavy atom. The lowest BCUT2D eigenvalue weighted by molar-refractivity contribution is 0.124. The molecule has 2 fully saturated rings. The minimum absolute atomic E-state index is 0.435. The van der Waals surface area contributed by atoms with Crippen molar-refractivity contribution in [3.8, 4) is 0 Å². The Morgan fingerprint density at radius 2 is 1.63 bits per heavy atom. The molecule has 0 heterocycles. The van der Waals surface area contributed by atoms with E-state index in [9.17, 15) is 8.78 Å². The van der Waals surface area contributed by atoms with E-state index in [-0.39, 0.29) is 0 Å². The van der Waals surface area contributed by atoms with E-state index in [0.29, 0.717) is 5.92 Å². The van der Waals surface area contributed by atoms with Crippen molar-refractivity contribution >= 4 is 0 Å². The molecule has 2 aliphatic carbocycles. The zero-order chi connectivity index (χ0) is 13.4. The van der Waals surface area contributed by atoms with Gasteiger partial charge in [0.2, 0.25) is 0 Å². The summed E-state index contributed by atoms with van der Waals surface area (Å²) >= 11 is 0. The molecule has 0 spiro atoms. The fourth-order valence-electron chi connectivity index (χ4n) is 4.19. The molecule has 4 unspecified atom stereocenters. The Hall–Kier alpha value is -0.920. The lowest BCUT2D eigenvalue weighted by Crippen LogP contribution is -2.29. The minimum Gasteiger partial charge on any atom is -0.204 e. The maximum atomic E-state index is 13.3. The van der Waals surface area contributed by atoms with E-state index in [0.717, 1.165) is 29.7 Å². The van der Waals surface area contributed by atoms with Crippen LogP contribution >= 0.6 is 0 Å². The molecule has 2 saturated carbocycles. The molecule has 0 bridgehead atoms. The van der Waals surface area contributed by atoms with E-state index >= 15 is 0 Å². The second-order valence-corrected chi connectivity index (χ2v) is 6.62. The van der Waals surface area contributed by atoms with Gasteiger partial charge in [-0.15, -0.1) is 0 Å². The average Bonchev–Trinajstić information content (AvgIpc) is 2.41. The molecule has 0 radical (unpaired) electrons. The van der Waals surface area contributed by atoms with E-state index in [1.807, 2.05) is 0 Å². The third-order valence-electron chi connectivity index (χ3n) is 5.29. The number of benzene rings is 1. The third kappa shape index (κ3) is 2.68. The van der Waals surface area contributed by atoms with Crippen LogP contribution < -0.4 is 0 Å². The molecule has 2 aliphatic rings. The van der Waals surface area contributed by atoms with E-state index in [1.165, 1.54) is 44.2 Å². The Bertz CT molecular complexity index is 455. The van der Waals surface area contributed by atoms with Crippen LogP contribution in [0.2, 0.25) is 0 Å². The number of rotatable bonds is 1. The molecule has 0 saturated heterocycles. The normalized spacial score (nSPS) is 34.9. The third-order valence-corrected chi connectivity index (χ3v) is 5.29. The van der Waals surface area contributed by atoms with E-state index in [1.54, 1.807) is 6.07 Å². The van der Waals surface area contributed by atoms with Gasteiger partial charge in [-0.2, -0.15) is 0 Å². The molecule has 4 atom stereocenters. The van der Waals surface area contributed by atoms with Crippen molar-refractivity contribution in [2.75, 3.05) is 0 Å². The first-order valence-electron chi connectivity index (χ1n) is 7.58. The molecular weight excluding hydrogens is 242 g/mol. The van der Waals surface area contributed by atoms with Gasteiger partial charge in [-0.3, -0.25) is 0 Å². The summed E-state index contributed by atoms with van der Waals surface area (Å²) in [4.78, 5) is 0. The van der Waals surface area contributed by atoms with Crippen LogP contribution in [0.3, 0.4) is 0 Å². The predicted molar refractivity (Wildman–Crippen MR) is 72.9 cm³/mol. The van der Waals surface area contributed by atoms with Crippen LogP contribution in [0.4, 0.5) is 8.78 Å². The van der Waals surface area contributed by atoms with Crippen molar-refractivity contribution in [1.82, 2.24) is 0 Å². The van der Waals surface area contributed by atoms with Crippen molar-refractivity contribution in [3.63, 3.8) is 0 Å². The first-order chi connectivity index (χ1) is 9.13. The first kappa shape index (κ1) is 13.1. The molecule has 1 aromatic carbocycles. The zero-order valence-corrected chi connectivity index (χ0v) is 11.5. The standard InChI is InChI=1S/C17H22F2/c1-11-2-3-13-9-14(5-4-12(13)8-11)15-6-7-16(18)17(19)10-15/h6-7,10-14H,2-5,8-9H2,1H3. The maximum absolute atomic E-state index is 13.3. The van der Waals surface area contributed by atoms with Gasteiger partial charge in [0.25, 0.3) is 0 Å². The quantitative estimate of drug-likeness (QED) is 0.647. The van der Waals surface area contributed by atoms with E-state index < -0.39 is 11.6 Å². The van der Waals surface area contributed by atoms with Gasteiger partial charge in [0.15, 0.2) is 11.6 Å². The number of hydrogen-bond acceptors (Lipinski definition) is 0. The highest BCUT2D eigenvalue weighted by Crippen LogP contribution is 2.47. The number of fused-ring (bicyclic) bond motifs is 1. The smallest absolute Gasteiger partial charge is 0.159 e. The minimum atomic E-state index is -0.732. The highest BCUT2D eigenvalue weighted by Gasteiger charge is 2.34. The molecular formula is C17H22F2. The number of hydrogen-bond donors (Lipinski definition) is 0. The van der Waals surface area contributed by atoms with Crippen molar-refractivity contribution < 1.29 is 8.78 Å². The van der Waals surface area contributed by atoms with Gasteiger partial charge < -0.3 is 0 Å². The summed E-state index contributed by atoms with van der Waals surface area (Å²) in [5.41, 5.74) is 0.996. The highest BCUT2D eigenvalue weighted by atomic mass is 19.2. The summed E-state index contributed by atoms with van der Waals surface area (Å²) < 4.78 is 26.3. The second kappa shape index (κ2) is 5.22. The summed E-state index contributed by atoms with van der Waals surface area (Å²) in [6, 6.07) is 4.46. The van der Waals surface area contributed by atoms with Crippen LogP contribution in [0.1, 0.15) is 56.9 Å². The Labute approximate surface area is 114 Å². The fraction of sp³-hybridized carbons (Fsp3) is 0.647. The van der Waals surface area contributed by atoms with Crippen molar-refractivity contribution in [2.24, 2.45) is 17.8 Å². The largest absolute Gasteiger partial charge is 0.204 e. The molecule has 19 heavy (non-hydrogen) atoms. The summed E-state index contributed by atoms with van der Waals surface area (Å²) in [5.74, 6) is 1.57. The summed E-state index contributed by atoms with van der Waals surface area (Å²) in [7, 11) is 0. The van der Waals surface area contributed by atoms with Crippen molar-refractivity contribution in [2.45, 2.75) is 51.4 Å². The fourth-order valence-corrected chi connectivity index (χ4v) is 4.19. The van der Waals surface area contributed by atoms with Crippen LogP contribution in [0, 0.1) is 29.4 Å². The monoisotopic (exact) mass is 264 g/mol. The first-order valence-corrected chi connectivity index (χ1v) is 7.58. The lowest BCUT2D eigenvalue weighted by atomic mass is 9.64. The zero-order valence-electron chi connectivity index (χ0n) is 11.5. The SMILES string of the molecule is CC1CCC2CC(c3ccc(F)c(F)c3)CCC2C1.